The van der Waals surface area contributed by atoms with Gasteiger partial charge in [-0.1, -0.05) is 12.1 Å². The van der Waals surface area contributed by atoms with Gasteiger partial charge in [0, 0.05) is 43.2 Å². The molecule has 0 atom stereocenters. The van der Waals surface area contributed by atoms with E-state index in [0.29, 0.717) is 25.4 Å². The maximum atomic E-state index is 12.5. The van der Waals surface area contributed by atoms with Crippen molar-refractivity contribution in [2.24, 2.45) is 0 Å². The van der Waals surface area contributed by atoms with Gasteiger partial charge in [0.25, 0.3) is 5.56 Å². The third-order valence-electron chi connectivity index (χ3n) is 4.75. The quantitative estimate of drug-likeness (QED) is 0.756. The van der Waals surface area contributed by atoms with E-state index in [4.69, 9.17) is 9.72 Å². The van der Waals surface area contributed by atoms with E-state index in [-0.39, 0.29) is 5.56 Å². The Morgan fingerprint density at radius 1 is 1.15 bits per heavy atom. The Kier molecular flexibility index (Phi) is 4.98. The highest BCUT2D eigenvalue weighted by Gasteiger charge is 2.21. The van der Waals surface area contributed by atoms with Crippen molar-refractivity contribution < 1.29 is 4.74 Å². The zero-order chi connectivity index (χ0) is 18.6. The monoisotopic (exact) mass is 362 g/mol. The number of nitrogens with one attached hydrogen (secondary N) is 1. The molecule has 3 heterocycles. The van der Waals surface area contributed by atoms with Crippen LogP contribution in [-0.4, -0.2) is 33.0 Å². The molecule has 27 heavy (non-hydrogen) atoms. The van der Waals surface area contributed by atoms with E-state index >= 15 is 0 Å². The molecule has 0 amide bonds. The fourth-order valence-electron chi connectivity index (χ4n) is 3.39. The van der Waals surface area contributed by atoms with Gasteiger partial charge in [-0.2, -0.15) is 0 Å². The van der Waals surface area contributed by atoms with E-state index in [1.54, 1.807) is 12.4 Å². The zero-order valence-corrected chi connectivity index (χ0v) is 15.3. The van der Waals surface area contributed by atoms with Crippen molar-refractivity contribution >= 4 is 0 Å². The van der Waals surface area contributed by atoms with Crippen LogP contribution in [0.3, 0.4) is 0 Å². The number of aromatic nitrogens is 3. The van der Waals surface area contributed by atoms with Crippen molar-refractivity contribution in [2.75, 3.05) is 13.2 Å². The fourth-order valence-corrected chi connectivity index (χ4v) is 3.39. The first kappa shape index (κ1) is 17.4. The van der Waals surface area contributed by atoms with E-state index in [2.05, 4.69) is 27.0 Å². The topological polar surface area (TPSA) is 71.1 Å². The fraction of sp³-hybridized carbons (Fsp3) is 0.286. The summed E-state index contributed by atoms with van der Waals surface area (Å²) in [6.07, 6.45) is 4.12. The van der Waals surface area contributed by atoms with Crippen LogP contribution < -0.4 is 10.3 Å². The molecular weight excluding hydrogens is 340 g/mol. The molecule has 4 rings (SSSR count). The summed E-state index contributed by atoms with van der Waals surface area (Å²) in [4.78, 5) is 26.5. The number of hydrogen-bond acceptors (Lipinski definition) is 5. The average Bonchev–Trinajstić information content (AvgIpc) is 2.70. The summed E-state index contributed by atoms with van der Waals surface area (Å²) in [5.74, 6) is 1.49. The summed E-state index contributed by atoms with van der Waals surface area (Å²) < 4.78 is 5.50. The van der Waals surface area contributed by atoms with Gasteiger partial charge in [-0.15, -0.1) is 0 Å². The van der Waals surface area contributed by atoms with Crippen LogP contribution in [0.2, 0.25) is 0 Å². The number of H-pyrrole nitrogens is 1. The molecule has 1 aliphatic rings. The van der Waals surface area contributed by atoms with Crippen LogP contribution in [0.25, 0.3) is 11.4 Å². The Morgan fingerprint density at radius 3 is 2.67 bits per heavy atom. The maximum absolute atomic E-state index is 12.5. The summed E-state index contributed by atoms with van der Waals surface area (Å²) in [6, 6.07) is 11.9. The summed E-state index contributed by atoms with van der Waals surface area (Å²) in [5.41, 5.74) is 3.72. The molecule has 6 nitrogen and oxygen atoms in total. The minimum Gasteiger partial charge on any atom is -0.494 e. The van der Waals surface area contributed by atoms with Gasteiger partial charge in [0.15, 0.2) is 0 Å². The van der Waals surface area contributed by atoms with E-state index in [1.165, 1.54) is 5.56 Å². The molecule has 0 saturated heterocycles. The van der Waals surface area contributed by atoms with Crippen molar-refractivity contribution in [1.82, 2.24) is 19.9 Å². The first-order valence-electron chi connectivity index (χ1n) is 9.19. The molecule has 0 unspecified atom stereocenters. The standard InChI is InChI=1S/C21H22N4O2/c1-2-27-17-5-3-15(4-6-17)13-25-12-9-18-19(14-25)23-20(24-21(18)26)16-7-10-22-11-8-16/h3-8,10-11H,2,9,12-14H2,1H3,(H,23,24,26). The van der Waals surface area contributed by atoms with E-state index in [1.807, 2.05) is 31.2 Å². The second kappa shape index (κ2) is 7.72. The lowest BCUT2D eigenvalue weighted by Gasteiger charge is -2.27. The second-order valence-corrected chi connectivity index (χ2v) is 6.61. The summed E-state index contributed by atoms with van der Waals surface area (Å²) in [5, 5.41) is 0. The predicted octanol–water partition coefficient (Wildman–Crippen LogP) is 2.79. The molecule has 1 N–H and O–H groups in total. The molecule has 2 aromatic heterocycles. The lowest BCUT2D eigenvalue weighted by Crippen LogP contribution is -2.35. The van der Waals surface area contributed by atoms with Gasteiger partial charge < -0.3 is 9.72 Å². The molecule has 1 aromatic carbocycles. The molecular formula is C21H22N4O2. The van der Waals surface area contributed by atoms with Crippen LogP contribution in [0.1, 0.15) is 23.7 Å². The summed E-state index contributed by atoms with van der Waals surface area (Å²) >= 11 is 0. The Labute approximate surface area is 157 Å². The Balaban J connectivity index is 1.53. The van der Waals surface area contributed by atoms with Crippen molar-refractivity contribution in [3.05, 3.63) is 76.0 Å². The number of pyridine rings is 1. The minimum atomic E-state index is -0.0347. The van der Waals surface area contributed by atoms with Crippen molar-refractivity contribution in [3.63, 3.8) is 0 Å². The van der Waals surface area contributed by atoms with Crippen LogP contribution in [0.15, 0.2) is 53.6 Å². The van der Waals surface area contributed by atoms with Crippen LogP contribution in [0.4, 0.5) is 0 Å². The first-order chi connectivity index (χ1) is 13.2. The second-order valence-electron chi connectivity index (χ2n) is 6.61. The third kappa shape index (κ3) is 3.90. The van der Waals surface area contributed by atoms with Crippen LogP contribution in [-0.2, 0) is 19.5 Å². The van der Waals surface area contributed by atoms with E-state index < -0.39 is 0 Å². The number of aromatic amines is 1. The molecule has 0 fully saturated rings. The van der Waals surface area contributed by atoms with Gasteiger partial charge in [-0.25, -0.2) is 4.98 Å². The Bertz CT molecular complexity index is 968. The molecule has 0 aliphatic carbocycles. The minimum absolute atomic E-state index is 0.0347. The van der Waals surface area contributed by atoms with E-state index in [9.17, 15) is 4.79 Å². The van der Waals surface area contributed by atoms with Crippen LogP contribution >= 0.6 is 0 Å². The highest BCUT2D eigenvalue weighted by atomic mass is 16.5. The lowest BCUT2D eigenvalue weighted by molar-refractivity contribution is 0.240. The smallest absolute Gasteiger partial charge is 0.254 e. The third-order valence-corrected chi connectivity index (χ3v) is 4.75. The molecule has 3 aromatic rings. The van der Waals surface area contributed by atoms with Gasteiger partial charge >= 0.3 is 0 Å². The van der Waals surface area contributed by atoms with Gasteiger partial charge in [-0.3, -0.25) is 14.7 Å². The molecule has 138 valence electrons. The van der Waals surface area contributed by atoms with E-state index in [0.717, 1.165) is 35.7 Å². The van der Waals surface area contributed by atoms with Crippen molar-refractivity contribution in [3.8, 4) is 17.1 Å². The normalized spacial score (nSPS) is 14.0. The number of rotatable bonds is 5. The van der Waals surface area contributed by atoms with Gasteiger partial charge in [0.1, 0.15) is 11.6 Å². The summed E-state index contributed by atoms with van der Waals surface area (Å²) in [6.45, 7) is 4.99. The first-order valence-corrected chi connectivity index (χ1v) is 9.19. The molecule has 1 aliphatic heterocycles. The van der Waals surface area contributed by atoms with Gasteiger partial charge in [-0.05, 0) is 43.2 Å². The SMILES string of the molecule is CCOc1ccc(CN2CCc3c(nc(-c4ccncc4)[nH]c3=O)C2)cc1. The lowest BCUT2D eigenvalue weighted by atomic mass is 10.0. The van der Waals surface area contributed by atoms with Crippen molar-refractivity contribution in [1.29, 1.82) is 0 Å². The van der Waals surface area contributed by atoms with Gasteiger partial charge in [0.05, 0.1) is 12.3 Å². The van der Waals surface area contributed by atoms with Gasteiger partial charge in [0.2, 0.25) is 0 Å². The number of ether oxygens (including phenoxy) is 1. The predicted molar refractivity (Wildman–Crippen MR) is 104 cm³/mol. The average molecular weight is 362 g/mol. The van der Waals surface area contributed by atoms with Crippen molar-refractivity contribution in [2.45, 2.75) is 26.4 Å². The highest BCUT2D eigenvalue weighted by Crippen LogP contribution is 2.20. The molecule has 0 radical (unpaired) electrons. The zero-order valence-electron chi connectivity index (χ0n) is 15.3. The number of benzene rings is 1. The van der Waals surface area contributed by atoms with Crippen LogP contribution in [0.5, 0.6) is 5.75 Å². The molecule has 6 heteroatoms. The molecule has 0 bridgehead atoms. The number of nitrogens with zero attached hydrogens (tertiary/aromatic N) is 3. The Hall–Kier alpha value is -2.99. The highest BCUT2D eigenvalue weighted by molar-refractivity contribution is 5.54. The van der Waals surface area contributed by atoms with Crippen LogP contribution in [0, 0.1) is 0 Å². The Morgan fingerprint density at radius 2 is 1.93 bits per heavy atom. The molecule has 0 saturated carbocycles. The number of hydrogen-bond donors (Lipinski definition) is 1. The number of fused-ring (bicyclic) bond motifs is 1. The largest absolute Gasteiger partial charge is 0.494 e. The molecule has 0 spiro atoms. The maximum Gasteiger partial charge on any atom is 0.254 e. The summed E-state index contributed by atoms with van der Waals surface area (Å²) in [7, 11) is 0.